The van der Waals surface area contributed by atoms with Gasteiger partial charge in [0.25, 0.3) is 0 Å². The zero-order valence-corrected chi connectivity index (χ0v) is 12.0. The normalized spacial score (nSPS) is 16.9. The molecule has 100 valence electrons. The van der Waals surface area contributed by atoms with Crippen LogP contribution in [0.1, 0.15) is 47.2 Å². The Kier molecular flexibility index (Phi) is 3.58. The van der Waals surface area contributed by atoms with Crippen molar-refractivity contribution in [3.8, 4) is 5.75 Å². The number of ether oxygens (including phenoxy) is 1. The van der Waals surface area contributed by atoms with E-state index in [1.165, 1.54) is 35.3 Å². The van der Waals surface area contributed by atoms with Gasteiger partial charge in [0.2, 0.25) is 0 Å². The molecule has 1 saturated carbocycles. The zero-order valence-electron chi connectivity index (χ0n) is 11.1. The van der Waals surface area contributed by atoms with Crippen molar-refractivity contribution in [3.63, 3.8) is 0 Å². The van der Waals surface area contributed by atoms with Gasteiger partial charge in [-0.25, -0.2) is 0 Å². The molecule has 1 aromatic heterocycles. The number of hydrogen-bond donors (Lipinski definition) is 1. The van der Waals surface area contributed by atoms with Crippen LogP contribution in [0.5, 0.6) is 5.75 Å². The first-order chi connectivity index (χ1) is 9.29. The summed E-state index contributed by atoms with van der Waals surface area (Å²) in [4.78, 5) is 1.17. The summed E-state index contributed by atoms with van der Waals surface area (Å²) >= 11 is 1.67. The van der Waals surface area contributed by atoms with Gasteiger partial charge in [-0.2, -0.15) is 0 Å². The van der Waals surface area contributed by atoms with Crippen molar-refractivity contribution < 1.29 is 4.74 Å². The van der Waals surface area contributed by atoms with Gasteiger partial charge in [-0.3, -0.25) is 0 Å². The maximum atomic E-state index is 6.46. The van der Waals surface area contributed by atoms with Gasteiger partial charge in [0.05, 0.1) is 13.2 Å². The van der Waals surface area contributed by atoms with Gasteiger partial charge in [-0.1, -0.05) is 30.7 Å². The van der Waals surface area contributed by atoms with Crippen LogP contribution in [-0.2, 0) is 0 Å². The smallest absolute Gasteiger partial charge is 0.129 e. The Bertz CT molecular complexity index is 559. The second-order valence-electron chi connectivity index (χ2n) is 5.12. The Morgan fingerprint density at radius 3 is 2.74 bits per heavy atom. The van der Waals surface area contributed by atoms with Gasteiger partial charge >= 0.3 is 0 Å². The SMILES string of the molecule is COc1csc(C(N)c2ccccc2C2CCC2)c1. The molecule has 0 aliphatic heterocycles. The fourth-order valence-electron chi connectivity index (χ4n) is 2.64. The summed E-state index contributed by atoms with van der Waals surface area (Å²) in [5.74, 6) is 1.61. The van der Waals surface area contributed by atoms with Crippen molar-refractivity contribution >= 4 is 11.3 Å². The summed E-state index contributed by atoms with van der Waals surface area (Å²) in [6, 6.07) is 10.6. The van der Waals surface area contributed by atoms with Gasteiger partial charge in [0, 0.05) is 10.3 Å². The first kappa shape index (κ1) is 12.7. The Labute approximate surface area is 118 Å². The van der Waals surface area contributed by atoms with Crippen LogP contribution in [-0.4, -0.2) is 7.11 Å². The van der Waals surface area contributed by atoms with E-state index in [9.17, 15) is 0 Å². The van der Waals surface area contributed by atoms with Crippen LogP contribution in [0, 0.1) is 0 Å². The van der Waals surface area contributed by atoms with E-state index in [1.54, 1.807) is 18.4 Å². The molecule has 0 amide bonds. The molecular formula is C16H19NOS. The quantitative estimate of drug-likeness (QED) is 0.911. The van der Waals surface area contributed by atoms with Crippen LogP contribution in [0.25, 0.3) is 0 Å². The number of nitrogens with two attached hydrogens (primary N) is 1. The van der Waals surface area contributed by atoms with Crippen molar-refractivity contribution in [1.29, 1.82) is 0 Å². The fourth-order valence-corrected chi connectivity index (χ4v) is 3.52. The Balaban J connectivity index is 1.92. The third-order valence-corrected chi connectivity index (χ3v) is 5.01. The molecule has 2 N–H and O–H groups in total. The second-order valence-corrected chi connectivity index (χ2v) is 6.07. The Morgan fingerprint density at radius 2 is 2.11 bits per heavy atom. The molecule has 0 radical (unpaired) electrons. The number of benzene rings is 1. The molecule has 2 nitrogen and oxygen atoms in total. The zero-order chi connectivity index (χ0) is 13.2. The maximum absolute atomic E-state index is 6.46. The molecule has 3 rings (SSSR count). The maximum Gasteiger partial charge on any atom is 0.129 e. The fraction of sp³-hybridized carbons (Fsp3) is 0.375. The highest BCUT2D eigenvalue weighted by Gasteiger charge is 2.24. The predicted molar refractivity (Wildman–Crippen MR) is 79.9 cm³/mol. The van der Waals surface area contributed by atoms with E-state index < -0.39 is 0 Å². The van der Waals surface area contributed by atoms with Gasteiger partial charge in [-0.05, 0) is 36.0 Å². The minimum atomic E-state index is -0.0364. The van der Waals surface area contributed by atoms with E-state index in [-0.39, 0.29) is 6.04 Å². The van der Waals surface area contributed by atoms with Crippen molar-refractivity contribution in [2.45, 2.75) is 31.2 Å². The Hall–Kier alpha value is -1.32. The molecule has 1 heterocycles. The molecule has 0 bridgehead atoms. The summed E-state index contributed by atoms with van der Waals surface area (Å²) in [6.07, 6.45) is 3.95. The molecule has 1 aliphatic rings. The topological polar surface area (TPSA) is 35.2 Å². The van der Waals surface area contributed by atoms with Crippen molar-refractivity contribution in [3.05, 3.63) is 51.7 Å². The molecule has 2 aromatic rings. The third kappa shape index (κ3) is 2.40. The molecule has 1 aromatic carbocycles. The lowest BCUT2D eigenvalue weighted by Gasteiger charge is -2.29. The largest absolute Gasteiger partial charge is 0.496 e. The van der Waals surface area contributed by atoms with Crippen LogP contribution in [0.15, 0.2) is 35.7 Å². The lowest BCUT2D eigenvalue weighted by molar-refractivity contribution is 0.415. The van der Waals surface area contributed by atoms with Crippen LogP contribution in [0.4, 0.5) is 0 Å². The van der Waals surface area contributed by atoms with Crippen molar-refractivity contribution in [2.24, 2.45) is 5.73 Å². The van der Waals surface area contributed by atoms with Gasteiger partial charge in [-0.15, -0.1) is 11.3 Å². The van der Waals surface area contributed by atoms with E-state index in [0.29, 0.717) is 5.92 Å². The molecule has 1 fully saturated rings. The third-order valence-electron chi connectivity index (χ3n) is 4.01. The summed E-state index contributed by atoms with van der Waals surface area (Å²) in [5, 5.41) is 2.02. The summed E-state index contributed by atoms with van der Waals surface area (Å²) in [5.41, 5.74) is 9.17. The second kappa shape index (κ2) is 5.35. The number of methoxy groups -OCH3 is 1. The first-order valence-corrected chi connectivity index (χ1v) is 7.64. The number of thiophene rings is 1. The minimum Gasteiger partial charge on any atom is -0.496 e. The lowest BCUT2D eigenvalue weighted by Crippen LogP contribution is -2.17. The van der Waals surface area contributed by atoms with Gasteiger partial charge in [0.15, 0.2) is 0 Å². The molecule has 19 heavy (non-hydrogen) atoms. The van der Waals surface area contributed by atoms with E-state index in [1.807, 2.05) is 11.4 Å². The highest BCUT2D eigenvalue weighted by atomic mass is 32.1. The predicted octanol–water partition coefficient (Wildman–Crippen LogP) is 4.07. The molecule has 0 spiro atoms. The lowest BCUT2D eigenvalue weighted by atomic mass is 9.77. The molecule has 1 unspecified atom stereocenters. The summed E-state index contributed by atoms with van der Waals surface area (Å²) in [6.45, 7) is 0. The van der Waals surface area contributed by atoms with E-state index in [0.717, 1.165) is 5.75 Å². The molecule has 0 saturated heterocycles. The van der Waals surface area contributed by atoms with Crippen molar-refractivity contribution in [2.75, 3.05) is 7.11 Å². The Morgan fingerprint density at radius 1 is 1.32 bits per heavy atom. The van der Waals surface area contributed by atoms with Crippen LogP contribution < -0.4 is 10.5 Å². The van der Waals surface area contributed by atoms with Gasteiger partial charge in [0.1, 0.15) is 5.75 Å². The summed E-state index contributed by atoms with van der Waals surface area (Å²) < 4.78 is 5.25. The van der Waals surface area contributed by atoms with E-state index in [2.05, 4.69) is 24.3 Å². The van der Waals surface area contributed by atoms with Crippen LogP contribution in [0.3, 0.4) is 0 Å². The molecule has 1 aliphatic carbocycles. The van der Waals surface area contributed by atoms with Gasteiger partial charge < -0.3 is 10.5 Å². The minimum absolute atomic E-state index is 0.0364. The van der Waals surface area contributed by atoms with E-state index >= 15 is 0 Å². The number of hydrogen-bond acceptors (Lipinski definition) is 3. The molecule has 1 atom stereocenters. The van der Waals surface area contributed by atoms with Crippen molar-refractivity contribution in [1.82, 2.24) is 0 Å². The molecule has 3 heteroatoms. The number of rotatable bonds is 4. The van der Waals surface area contributed by atoms with Crippen LogP contribution >= 0.6 is 11.3 Å². The first-order valence-electron chi connectivity index (χ1n) is 6.76. The summed E-state index contributed by atoms with van der Waals surface area (Å²) in [7, 11) is 1.69. The highest BCUT2D eigenvalue weighted by Crippen LogP contribution is 2.41. The molecular weight excluding hydrogens is 254 g/mol. The average molecular weight is 273 g/mol. The highest BCUT2D eigenvalue weighted by molar-refractivity contribution is 7.10. The van der Waals surface area contributed by atoms with Crippen LogP contribution in [0.2, 0.25) is 0 Å². The standard InChI is InChI=1S/C16H19NOS/c1-18-12-9-15(19-10-12)16(17)14-8-3-2-7-13(14)11-5-4-6-11/h2-3,7-11,16H,4-6,17H2,1H3. The van der Waals surface area contributed by atoms with E-state index in [4.69, 9.17) is 10.5 Å². The monoisotopic (exact) mass is 273 g/mol. The average Bonchev–Trinajstić information content (AvgIpc) is 2.85.